The molecule has 0 bridgehead atoms. The summed E-state index contributed by atoms with van der Waals surface area (Å²) in [6, 6.07) is 29.4. The lowest BCUT2D eigenvalue weighted by Gasteiger charge is -2.47. The molecule has 3 saturated heterocycles. The number of alkyl halides is 3. The first-order valence-electron chi connectivity index (χ1n) is 36.5. The number of nitrogens with one attached hydrogen (secondary N) is 4. The third-order valence-corrected chi connectivity index (χ3v) is 26.0. The van der Waals surface area contributed by atoms with Gasteiger partial charge in [0.15, 0.2) is 0 Å². The van der Waals surface area contributed by atoms with Crippen LogP contribution in [0.1, 0.15) is 119 Å². The summed E-state index contributed by atoms with van der Waals surface area (Å²) in [5.41, 5.74) is 3.44. The maximum absolute atomic E-state index is 14.7. The fourth-order valence-electron chi connectivity index (χ4n) is 14.8. The molecule has 5 amide bonds. The summed E-state index contributed by atoms with van der Waals surface area (Å²) in [5.74, 6) is -2.67. The van der Waals surface area contributed by atoms with Gasteiger partial charge in [-0.1, -0.05) is 106 Å². The molecular formula is C78H96ClF3N10O12S4. The van der Waals surface area contributed by atoms with Crippen LogP contribution in [0.25, 0.3) is 16.0 Å². The molecule has 0 spiro atoms. The molecule has 6 atom stereocenters. The molecule has 5 aromatic carbocycles. The Morgan fingerprint density at radius 3 is 2.19 bits per heavy atom. The first kappa shape index (κ1) is 81.5. The van der Waals surface area contributed by atoms with Crippen molar-refractivity contribution in [3.05, 3.63) is 159 Å². The minimum atomic E-state index is -6.20. The van der Waals surface area contributed by atoms with Gasteiger partial charge in [-0.15, -0.1) is 23.1 Å². The number of fused-ring (bicyclic) bond motifs is 3. The van der Waals surface area contributed by atoms with Crippen molar-refractivity contribution in [3.63, 3.8) is 0 Å². The van der Waals surface area contributed by atoms with Crippen molar-refractivity contribution in [2.45, 2.75) is 150 Å². The Balaban J connectivity index is 0.645. The number of allylic oxidation sites excluding steroid dienone is 1. The van der Waals surface area contributed by atoms with E-state index < -0.39 is 107 Å². The number of halogens is 4. The molecule has 108 heavy (non-hydrogen) atoms. The van der Waals surface area contributed by atoms with Gasteiger partial charge in [0.25, 0.3) is 25.8 Å². The van der Waals surface area contributed by atoms with E-state index in [4.69, 9.17) is 21.1 Å². The van der Waals surface area contributed by atoms with Crippen LogP contribution in [0.15, 0.2) is 141 Å². The lowest BCUT2D eigenvalue weighted by molar-refractivity contribution is -0.145. The van der Waals surface area contributed by atoms with Gasteiger partial charge in [0.2, 0.25) is 23.6 Å². The van der Waals surface area contributed by atoms with Gasteiger partial charge in [0.05, 0.1) is 52.0 Å². The van der Waals surface area contributed by atoms with Crippen molar-refractivity contribution in [2.24, 2.45) is 10.8 Å². The second-order valence-corrected chi connectivity index (χ2v) is 36.4. The van der Waals surface area contributed by atoms with E-state index in [2.05, 4.69) is 61.6 Å². The number of likely N-dealkylation sites (tertiary alicyclic amines) is 1. The number of sulfonamides is 1. The number of nitrogens with zero attached hydrogens (tertiary/aromatic N) is 6. The smallest absolute Gasteiger partial charge is 0.391 e. The van der Waals surface area contributed by atoms with Gasteiger partial charge in [-0.3, -0.25) is 33.8 Å². The molecule has 0 saturated carbocycles. The zero-order valence-corrected chi connectivity index (χ0v) is 65.9. The number of thiazole rings is 1. The number of carbonyl (C=O) groups excluding carboxylic acids is 5. The molecule has 5 N–H and O–H groups in total. The van der Waals surface area contributed by atoms with Crippen LogP contribution in [0.2, 0.25) is 5.02 Å². The molecular weight excluding hydrogens is 1490 g/mol. The van der Waals surface area contributed by atoms with Crippen molar-refractivity contribution in [1.29, 1.82) is 0 Å². The van der Waals surface area contributed by atoms with Gasteiger partial charge in [-0.25, -0.2) is 26.5 Å². The highest BCUT2D eigenvalue weighted by Crippen LogP contribution is 2.44. The third kappa shape index (κ3) is 20.4. The lowest BCUT2D eigenvalue weighted by atomic mass is 9.72. The summed E-state index contributed by atoms with van der Waals surface area (Å²) in [4.78, 5) is 82.4. The zero-order valence-electron chi connectivity index (χ0n) is 61.8. The first-order chi connectivity index (χ1) is 51.2. The van der Waals surface area contributed by atoms with Crippen LogP contribution < -0.4 is 25.6 Å². The second-order valence-electron chi connectivity index (χ2n) is 30.4. The molecule has 6 aromatic rings. The number of aliphatic hydroxyl groups is 1. The van der Waals surface area contributed by atoms with Crippen LogP contribution in [0.4, 0.5) is 24.5 Å². The second kappa shape index (κ2) is 34.9. The standard InChI is InChI=1S/C78H96ClF3N10O12S4/c1-50(52-13-15-54(16-14-52)71-51(2)83-49-106-71)84-74(97)67-40-61(93)45-92(67)75(98)72(76(3,4)5)86-69(94)46-103-37-38-104-47-70(95)90-34-31-88(32-35-90)30-28-59(48-105-62-11-9-8-10-12-62)85-65-25-24-63(41-68(65)107(99,100)78(80,81)82)108(101,102)87-73(96)56-20-26-66-55(39-56)19-23-60-44-89(33-36-91(60)66)43-57-42-77(6,7)29-27-64(57)53-17-21-58(79)22-18-53/h8-18,20-22,24-26,39,41,49-50,59-61,67,72,85,93H,19,23,27-38,40,42-48H2,1-7H3,(H,84,97)(H,86,94)(H,87,96)/t50-,59+,60?,61+,67-,72+/m0/s1. The van der Waals surface area contributed by atoms with Gasteiger partial charge in [0, 0.05) is 111 Å². The molecule has 5 heterocycles. The highest BCUT2D eigenvalue weighted by molar-refractivity contribution is 7.99. The van der Waals surface area contributed by atoms with Gasteiger partial charge in [0.1, 0.15) is 30.2 Å². The molecule has 582 valence electrons. The quantitative estimate of drug-likeness (QED) is 0.0226. The number of benzene rings is 5. The number of aryl methyl sites for hydroxylation is 2. The number of thioether (sulfide) groups is 1. The number of hydrogen-bond donors (Lipinski definition) is 5. The number of hydrogen-bond acceptors (Lipinski definition) is 19. The van der Waals surface area contributed by atoms with Crippen LogP contribution in [0.5, 0.6) is 0 Å². The fourth-order valence-corrected chi connectivity index (χ4v) is 18.8. The van der Waals surface area contributed by atoms with E-state index in [0.717, 1.165) is 102 Å². The van der Waals surface area contributed by atoms with Crippen molar-refractivity contribution in [3.8, 4) is 10.4 Å². The summed E-state index contributed by atoms with van der Waals surface area (Å²) < 4.78 is 112. The zero-order chi connectivity index (χ0) is 77.5. The van der Waals surface area contributed by atoms with Gasteiger partial charge < -0.3 is 45.2 Å². The summed E-state index contributed by atoms with van der Waals surface area (Å²) in [6.45, 7) is 17.9. The Hall–Kier alpha value is -7.45. The topological polar surface area (TPSA) is 270 Å². The van der Waals surface area contributed by atoms with Crippen molar-refractivity contribution in [1.82, 2.24) is 39.9 Å². The number of sulfone groups is 1. The van der Waals surface area contributed by atoms with E-state index in [9.17, 15) is 59.1 Å². The number of piperazine rings is 2. The molecule has 22 nitrogen and oxygen atoms in total. The predicted molar refractivity (Wildman–Crippen MR) is 413 cm³/mol. The average molecular weight is 1590 g/mol. The third-order valence-electron chi connectivity index (χ3n) is 20.8. The monoisotopic (exact) mass is 1580 g/mol. The van der Waals surface area contributed by atoms with Crippen molar-refractivity contribution in [2.75, 3.05) is 108 Å². The Morgan fingerprint density at radius 1 is 0.815 bits per heavy atom. The first-order valence-corrected chi connectivity index (χ1v) is 41.7. The summed E-state index contributed by atoms with van der Waals surface area (Å²) in [7, 11) is -11.2. The van der Waals surface area contributed by atoms with Crippen molar-refractivity contribution >= 4 is 101 Å². The van der Waals surface area contributed by atoms with E-state index in [0.29, 0.717) is 50.2 Å². The van der Waals surface area contributed by atoms with E-state index in [1.165, 1.54) is 39.4 Å². The number of anilines is 2. The number of aliphatic hydroxyl groups excluding tert-OH is 1. The number of carbonyl (C=O) groups is 5. The highest BCUT2D eigenvalue weighted by Gasteiger charge is 2.49. The summed E-state index contributed by atoms with van der Waals surface area (Å²) >= 11 is 9.18. The van der Waals surface area contributed by atoms with Crippen LogP contribution in [0, 0.1) is 17.8 Å². The van der Waals surface area contributed by atoms with Crippen LogP contribution in [-0.2, 0) is 54.9 Å². The number of β-amino-alcohol motifs (C(OH)–C–C–N with tert-alkyl or cyclic N) is 1. The van der Waals surface area contributed by atoms with Gasteiger partial charge in [-0.2, -0.15) is 13.2 Å². The van der Waals surface area contributed by atoms with Crippen LogP contribution in [0.3, 0.4) is 0 Å². The molecule has 0 radical (unpaired) electrons. The maximum atomic E-state index is 14.7. The molecule has 3 fully saturated rings. The van der Waals surface area contributed by atoms with Gasteiger partial charge in [-0.05, 0) is 152 Å². The molecule has 1 aromatic heterocycles. The SMILES string of the molecule is Cc1ncsc1-c1ccc([C@H](C)NC(=O)[C@@H]2C[C@@H](O)CN2C(=O)[C@@H](NC(=O)COCCOCC(=O)N2CCN(CC[C@H](CSc3ccccc3)Nc3ccc(S(=O)(=O)NC(=O)c4ccc5c(c4)CCC4CN(CC6=C(c7ccc(Cl)cc7)CCC(C)(C)C6)CCN54)cc3S(=O)(=O)C(F)(F)F)CC2)C(C)(C)C)cc1. The van der Waals surface area contributed by atoms with Crippen molar-refractivity contribution < 1.29 is 68.6 Å². The number of amides is 5. The minimum Gasteiger partial charge on any atom is -0.391 e. The number of ether oxygens (including phenoxy) is 2. The molecule has 30 heteroatoms. The molecule has 1 unspecified atom stereocenters. The minimum absolute atomic E-state index is 0.00943. The summed E-state index contributed by atoms with van der Waals surface area (Å²) in [5, 5.41) is 20.2. The van der Waals surface area contributed by atoms with E-state index in [1.807, 2.05) is 85.3 Å². The average Bonchev–Trinajstić information content (AvgIpc) is 0.982. The maximum Gasteiger partial charge on any atom is 0.501 e. The molecule has 1 aliphatic carbocycles. The lowest BCUT2D eigenvalue weighted by Crippen LogP contribution is -2.58. The Bertz CT molecular complexity index is 4480. The molecule has 11 rings (SSSR count). The summed E-state index contributed by atoms with van der Waals surface area (Å²) in [6.07, 6.45) is 3.83. The highest BCUT2D eigenvalue weighted by atomic mass is 35.5. The van der Waals surface area contributed by atoms with Crippen LogP contribution >= 0.6 is 34.7 Å². The fraction of sp³-hybridized carbons (Fsp3) is 0.487. The van der Waals surface area contributed by atoms with Gasteiger partial charge >= 0.3 is 5.51 Å². The number of aromatic nitrogens is 1. The molecule has 5 aliphatic rings. The normalized spacial score (nSPS) is 19.6. The Morgan fingerprint density at radius 2 is 1.51 bits per heavy atom. The van der Waals surface area contributed by atoms with Crippen LogP contribution in [-0.4, -0.2) is 209 Å². The Labute approximate surface area is 643 Å². The Kier molecular flexibility index (Phi) is 26.3. The largest absolute Gasteiger partial charge is 0.501 e. The molecule has 4 aliphatic heterocycles. The van der Waals surface area contributed by atoms with E-state index in [1.54, 1.807) is 54.7 Å². The van der Waals surface area contributed by atoms with E-state index >= 15 is 0 Å². The van der Waals surface area contributed by atoms with E-state index in [-0.39, 0.29) is 67.9 Å². The number of rotatable bonds is 28. The predicted octanol–water partition coefficient (Wildman–Crippen LogP) is 10.8.